The van der Waals surface area contributed by atoms with Gasteiger partial charge in [-0.25, -0.2) is 9.79 Å². The van der Waals surface area contributed by atoms with Crippen molar-refractivity contribution in [1.82, 2.24) is 0 Å². The van der Waals surface area contributed by atoms with E-state index in [2.05, 4.69) is 4.99 Å². The van der Waals surface area contributed by atoms with Gasteiger partial charge >= 0.3 is 6.18 Å². The first-order valence-electron chi connectivity index (χ1n) is 4.26. The number of hydrogen-bond donors (Lipinski definition) is 0. The number of aliphatic imine (C=N–C) groups is 1. The summed E-state index contributed by atoms with van der Waals surface area (Å²) in [6.07, 6.45) is -3.30. The number of alkyl halides is 3. The van der Waals surface area contributed by atoms with Crippen LogP contribution in [0.2, 0.25) is 0 Å². The SMILES string of the molecule is COc1ccc(CN=C=O)c(C(F)(F)F)c1. The first-order chi connectivity index (χ1) is 7.49. The number of ether oxygens (including phenoxy) is 1. The summed E-state index contributed by atoms with van der Waals surface area (Å²) >= 11 is 0. The highest BCUT2D eigenvalue weighted by atomic mass is 19.4. The molecule has 1 rings (SSSR count). The number of carbonyl (C=O) groups excluding carboxylic acids is 1. The van der Waals surface area contributed by atoms with E-state index >= 15 is 0 Å². The van der Waals surface area contributed by atoms with Crippen LogP contribution in [0.3, 0.4) is 0 Å². The van der Waals surface area contributed by atoms with Gasteiger partial charge in [-0.15, -0.1) is 0 Å². The first-order valence-corrected chi connectivity index (χ1v) is 4.26. The molecule has 0 spiro atoms. The Kier molecular flexibility index (Phi) is 3.68. The molecule has 0 N–H and O–H groups in total. The summed E-state index contributed by atoms with van der Waals surface area (Å²) in [6.45, 7) is -0.345. The van der Waals surface area contributed by atoms with Gasteiger partial charge in [0, 0.05) is 0 Å². The molecule has 0 fully saturated rings. The Labute approximate surface area is 89.6 Å². The van der Waals surface area contributed by atoms with Crippen LogP contribution in [0.1, 0.15) is 11.1 Å². The fourth-order valence-electron chi connectivity index (χ4n) is 1.20. The Morgan fingerprint density at radius 3 is 2.62 bits per heavy atom. The maximum Gasteiger partial charge on any atom is 0.416 e. The maximum absolute atomic E-state index is 12.6. The third kappa shape index (κ3) is 2.84. The quantitative estimate of drug-likeness (QED) is 0.592. The highest BCUT2D eigenvalue weighted by Gasteiger charge is 2.33. The van der Waals surface area contributed by atoms with Gasteiger partial charge in [0.2, 0.25) is 6.08 Å². The maximum atomic E-state index is 12.6. The van der Waals surface area contributed by atoms with Crippen LogP contribution in [0.4, 0.5) is 13.2 Å². The molecule has 0 aliphatic rings. The molecule has 0 radical (unpaired) electrons. The van der Waals surface area contributed by atoms with Gasteiger partial charge < -0.3 is 4.74 Å². The summed E-state index contributed by atoms with van der Waals surface area (Å²) < 4.78 is 42.5. The summed E-state index contributed by atoms with van der Waals surface area (Å²) in [4.78, 5) is 13.0. The fraction of sp³-hybridized carbons (Fsp3) is 0.300. The lowest BCUT2D eigenvalue weighted by Crippen LogP contribution is -2.09. The highest BCUT2D eigenvalue weighted by molar-refractivity contribution is 5.39. The number of nitrogens with zero attached hydrogens (tertiary/aromatic N) is 1. The molecule has 1 aromatic carbocycles. The molecule has 0 aliphatic heterocycles. The predicted molar refractivity (Wildman–Crippen MR) is 49.8 cm³/mol. The van der Waals surface area contributed by atoms with Gasteiger partial charge in [-0.3, -0.25) is 0 Å². The van der Waals surface area contributed by atoms with Gasteiger partial charge in [0.15, 0.2) is 0 Å². The summed E-state index contributed by atoms with van der Waals surface area (Å²) in [6, 6.07) is 3.48. The molecule has 0 unspecified atom stereocenters. The van der Waals surface area contributed by atoms with E-state index in [9.17, 15) is 18.0 Å². The zero-order chi connectivity index (χ0) is 12.2. The van der Waals surface area contributed by atoms with Gasteiger partial charge in [0.1, 0.15) is 5.75 Å². The minimum absolute atomic E-state index is 0.0864. The monoisotopic (exact) mass is 231 g/mol. The van der Waals surface area contributed by atoms with Crippen molar-refractivity contribution in [2.24, 2.45) is 4.99 Å². The van der Waals surface area contributed by atoms with Crippen LogP contribution in [-0.4, -0.2) is 13.2 Å². The first kappa shape index (κ1) is 12.3. The zero-order valence-corrected chi connectivity index (χ0v) is 8.34. The molecule has 16 heavy (non-hydrogen) atoms. The Morgan fingerprint density at radius 2 is 2.12 bits per heavy atom. The van der Waals surface area contributed by atoms with E-state index in [1.807, 2.05) is 0 Å². The lowest BCUT2D eigenvalue weighted by Gasteiger charge is -2.12. The summed E-state index contributed by atoms with van der Waals surface area (Å²) in [7, 11) is 1.28. The number of benzene rings is 1. The molecule has 1 aromatic rings. The van der Waals surface area contributed by atoms with E-state index in [-0.39, 0.29) is 17.9 Å². The summed E-state index contributed by atoms with van der Waals surface area (Å²) in [5.41, 5.74) is -0.942. The predicted octanol–water partition coefficient (Wildman–Crippen LogP) is 2.55. The smallest absolute Gasteiger partial charge is 0.416 e. The standard InChI is InChI=1S/C10H8F3NO2/c1-16-8-3-2-7(5-14-6-15)9(4-8)10(11,12)13/h2-4H,5H2,1H3. The van der Waals surface area contributed by atoms with Crippen LogP contribution in [0.5, 0.6) is 5.75 Å². The minimum Gasteiger partial charge on any atom is -0.497 e. The Hall–Kier alpha value is -1.81. The fourth-order valence-corrected chi connectivity index (χ4v) is 1.20. The number of isocyanates is 1. The number of halogens is 3. The molecule has 0 saturated carbocycles. The molecule has 3 nitrogen and oxygen atoms in total. The van der Waals surface area contributed by atoms with E-state index < -0.39 is 11.7 Å². The van der Waals surface area contributed by atoms with E-state index in [4.69, 9.17) is 4.74 Å². The summed E-state index contributed by atoms with van der Waals surface area (Å²) in [5.74, 6) is 0.103. The third-order valence-electron chi connectivity index (χ3n) is 1.94. The van der Waals surface area contributed by atoms with Gasteiger partial charge in [-0.1, -0.05) is 6.07 Å². The van der Waals surface area contributed by atoms with Crippen LogP contribution in [0.15, 0.2) is 23.2 Å². The van der Waals surface area contributed by atoms with Crippen LogP contribution in [-0.2, 0) is 17.5 Å². The van der Waals surface area contributed by atoms with Crippen LogP contribution in [0.25, 0.3) is 0 Å². The van der Waals surface area contributed by atoms with Gasteiger partial charge in [-0.2, -0.15) is 13.2 Å². The van der Waals surface area contributed by atoms with Crippen LogP contribution in [0, 0.1) is 0 Å². The Morgan fingerprint density at radius 1 is 1.44 bits per heavy atom. The van der Waals surface area contributed by atoms with Crippen molar-refractivity contribution >= 4 is 6.08 Å². The number of methoxy groups -OCH3 is 1. The summed E-state index contributed by atoms with van der Waals surface area (Å²) in [5, 5.41) is 0. The van der Waals surface area contributed by atoms with Crippen molar-refractivity contribution in [1.29, 1.82) is 0 Å². The molecule has 0 amide bonds. The molecule has 86 valence electrons. The third-order valence-corrected chi connectivity index (χ3v) is 1.94. The second kappa shape index (κ2) is 4.81. The van der Waals surface area contributed by atoms with Crippen LogP contribution >= 0.6 is 0 Å². The molecule has 0 heterocycles. The Bertz CT molecular complexity index is 423. The molecule has 0 aromatic heterocycles. The molecular formula is C10H8F3NO2. The van der Waals surface area contributed by atoms with Crippen molar-refractivity contribution in [3.05, 3.63) is 29.3 Å². The average molecular weight is 231 g/mol. The molecular weight excluding hydrogens is 223 g/mol. The average Bonchev–Trinajstić information content (AvgIpc) is 2.25. The van der Waals surface area contributed by atoms with Crippen molar-refractivity contribution in [3.63, 3.8) is 0 Å². The van der Waals surface area contributed by atoms with Gasteiger partial charge in [0.05, 0.1) is 19.2 Å². The normalized spacial score (nSPS) is 10.8. The minimum atomic E-state index is -4.50. The van der Waals surface area contributed by atoms with Crippen LogP contribution < -0.4 is 4.74 Å². The Balaban J connectivity index is 3.21. The highest BCUT2D eigenvalue weighted by Crippen LogP contribution is 2.34. The van der Waals surface area contributed by atoms with E-state index in [1.54, 1.807) is 0 Å². The lowest BCUT2D eigenvalue weighted by atomic mass is 10.1. The number of rotatable bonds is 3. The lowest BCUT2D eigenvalue weighted by molar-refractivity contribution is -0.138. The molecule has 0 atom stereocenters. The van der Waals surface area contributed by atoms with E-state index in [0.717, 1.165) is 6.07 Å². The molecule has 0 saturated heterocycles. The molecule has 0 bridgehead atoms. The van der Waals surface area contributed by atoms with Crippen molar-refractivity contribution < 1.29 is 22.7 Å². The zero-order valence-electron chi connectivity index (χ0n) is 8.34. The second-order valence-corrected chi connectivity index (χ2v) is 2.93. The van der Waals surface area contributed by atoms with Gasteiger partial charge in [-0.05, 0) is 17.7 Å². The number of hydrogen-bond acceptors (Lipinski definition) is 3. The molecule has 0 aliphatic carbocycles. The van der Waals surface area contributed by atoms with Crippen molar-refractivity contribution in [2.45, 2.75) is 12.7 Å². The molecule has 6 heteroatoms. The van der Waals surface area contributed by atoms with Crippen molar-refractivity contribution in [3.8, 4) is 5.75 Å². The topological polar surface area (TPSA) is 38.7 Å². The second-order valence-electron chi connectivity index (χ2n) is 2.93. The largest absolute Gasteiger partial charge is 0.497 e. The van der Waals surface area contributed by atoms with Gasteiger partial charge in [0.25, 0.3) is 0 Å². The van der Waals surface area contributed by atoms with Crippen molar-refractivity contribution in [2.75, 3.05) is 7.11 Å². The van der Waals surface area contributed by atoms with E-state index in [1.165, 1.54) is 25.3 Å². The van der Waals surface area contributed by atoms with E-state index in [0.29, 0.717) is 0 Å².